The predicted octanol–water partition coefficient (Wildman–Crippen LogP) is 3.69. The van der Waals surface area contributed by atoms with Gasteiger partial charge in [0.1, 0.15) is 0 Å². The van der Waals surface area contributed by atoms with Crippen LogP contribution in [0, 0.1) is 17.0 Å². The van der Waals surface area contributed by atoms with E-state index >= 15 is 0 Å². The van der Waals surface area contributed by atoms with Crippen molar-refractivity contribution in [2.24, 2.45) is 5.10 Å². The number of nitrogens with one attached hydrogen (secondary N) is 1. The summed E-state index contributed by atoms with van der Waals surface area (Å²) in [6, 6.07) is 8.57. The van der Waals surface area contributed by atoms with Gasteiger partial charge in [0.05, 0.1) is 16.7 Å². The number of nitro groups is 1. The zero-order valence-electron chi connectivity index (χ0n) is 12.9. The number of nitro benzene ring substituents is 1. The smallest absolute Gasteiger partial charge is 0.267 e. The lowest BCUT2D eigenvalue weighted by Crippen LogP contribution is -2.18. The molecular weight excluding hydrogens is 339 g/mol. The number of hydrogen-bond acceptors (Lipinski definition) is 4. The monoisotopic (exact) mass is 351 g/mol. The van der Waals surface area contributed by atoms with Crippen molar-refractivity contribution in [3.05, 3.63) is 74.8 Å². The lowest BCUT2D eigenvalue weighted by molar-refractivity contribution is -0.385. The summed E-state index contributed by atoms with van der Waals surface area (Å²) < 4.78 is 38.5. The van der Waals surface area contributed by atoms with Crippen molar-refractivity contribution in [3.63, 3.8) is 0 Å². The zero-order chi connectivity index (χ0) is 18.6. The molecule has 0 saturated carbocycles. The summed E-state index contributed by atoms with van der Waals surface area (Å²) >= 11 is 0. The first-order valence-corrected chi connectivity index (χ1v) is 6.95. The number of benzene rings is 2. The first kappa shape index (κ1) is 18.1. The Balaban J connectivity index is 2.17. The molecule has 1 N–H and O–H groups in total. The van der Waals surface area contributed by atoms with E-state index in [2.05, 4.69) is 10.5 Å². The molecule has 0 unspecified atom stereocenters. The minimum atomic E-state index is -4.55. The van der Waals surface area contributed by atoms with Crippen molar-refractivity contribution in [2.45, 2.75) is 13.1 Å². The summed E-state index contributed by atoms with van der Waals surface area (Å²) in [7, 11) is 0. The highest BCUT2D eigenvalue weighted by atomic mass is 19.4. The Morgan fingerprint density at radius 1 is 1.24 bits per heavy atom. The Bertz CT molecular complexity index is 848. The molecule has 0 aromatic heterocycles. The van der Waals surface area contributed by atoms with E-state index in [1.54, 1.807) is 0 Å². The van der Waals surface area contributed by atoms with Gasteiger partial charge in [0, 0.05) is 22.8 Å². The molecule has 0 aliphatic rings. The molecule has 0 bridgehead atoms. The van der Waals surface area contributed by atoms with E-state index in [-0.39, 0.29) is 16.8 Å². The number of carbonyl (C=O) groups is 1. The van der Waals surface area contributed by atoms with E-state index in [0.29, 0.717) is 5.56 Å². The van der Waals surface area contributed by atoms with Crippen molar-refractivity contribution >= 4 is 17.8 Å². The lowest BCUT2D eigenvalue weighted by atomic mass is 10.1. The maximum absolute atomic E-state index is 12.8. The van der Waals surface area contributed by atoms with Gasteiger partial charge in [-0.3, -0.25) is 14.9 Å². The zero-order valence-corrected chi connectivity index (χ0v) is 12.9. The van der Waals surface area contributed by atoms with Crippen molar-refractivity contribution < 1.29 is 22.9 Å². The van der Waals surface area contributed by atoms with Crippen molar-refractivity contribution in [1.82, 2.24) is 5.43 Å². The molecule has 1 amide bonds. The number of amides is 1. The molecule has 0 fully saturated rings. The van der Waals surface area contributed by atoms with Gasteiger partial charge in [-0.05, 0) is 19.1 Å². The first-order chi connectivity index (χ1) is 11.7. The highest BCUT2D eigenvalue weighted by molar-refractivity contribution is 5.95. The molecule has 0 aliphatic carbocycles. The average molecular weight is 351 g/mol. The van der Waals surface area contributed by atoms with Crippen LogP contribution in [0.3, 0.4) is 0 Å². The van der Waals surface area contributed by atoms with E-state index in [0.717, 1.165) is 18.3 Å². The van der Waals surface area contributed by atoms with Crippen LogP contribution in [0.15, 0.2) is 47.6 Å². The predicted molar refractivity (Wildman–Crippen MR) is 84.3 cm³/mol. The highest BCUT2D eigenvalue weighted by Crippen LogP contribution is 2.31. The Kier molecular flexibility index (Phi) is 5.16. The van der Waals surface area contributed by atoms with Gasteiger partial charge >= 0.3 is 6.18 Å². The van der Waals surface area contributed by atoms with Crippen molar-refractivity contribution in [3.8, 4) is 0 Å². The molecule has 6 nitrogen and oxygen atoms in total. The van der Waals surface area contributed by atoms with Crippen LogP contribution in [-0.2, 0) is 6.18 Å². The average Bonchev–Trinajstić information content (AvgIpc) is 2.54. The molecular formula is C16H12F3N3O3. The summed E-state index contributed by atoms with van der Waals surface area (Å²) in [5.74, 6) is -0.774. The molecule has 130 valence electrons. The standard InChI is InChI=1S/C16H12F3N3O3/c1-10-6-7-11(8-14(10)22(24)25)15(23)21-20-9-12-4-2-3-5-13(12)16(17,18)19/h2-9H,1H3,(H,21,23)/b20-9-. The number of halogens is 3. The molecule has 0 heterocycles. The van der Waals surface area contributed by atoms with E-state index < -0.39 is 22.6 Å². The third kappa shape index (κ3) is 4.40. The third-order valence-corrected chi connectivity index (χ3v) is 3.30. The Morgan fingerprint density at radius 3 is 2.56 bits per heavy atom. The van der Waals surface area contributed by atoms with Crippen molar-refractivity contribution in [2.75, 3.05) is 0 Å². The molecule has 2 aromatic carbocycles. The van der Waals surface area contributed by atoms with Gasteiger partial charge in [-0.15, -0.1) is 0 Å². The number of hydrazone groups is 1. The largest absolute Gasteiger partial charge is 0.417 e. The number of carbonyl (C=O) groups excluding carboxylic acids is 1. The number of hydrogen-bond donors (Lipinski definition) is 1. The Morgan fingerprint density at radius 2 is 1.92 bits per heavy atom. The van der Waals surface area contributed by atoms with Gasteiger partial charge in [-0.2, -0.15) is 18.3 Å². The second-order valence-corrected chi connectivity index (χ2v) is 5.04. The maximum Gasteiger partial charge on any atom is 0.417 e. The molecule has 0 spiro atoms. The quantitative estimate of drug-likeness (QED) is 0.518. The summed E-state index contributed by atoms with van der Waals surface area (Å²) in [5.41, 5.74) is 1.06. The molecule has 0 aliphatic heterocycles. The number of alkyl halides is 3. The van der Waals surface area contributed by atoms with Crippen molar-refractivity contribution in [1.29, 1.82) is 0 Å². The van der Waals surface area contributed by atoms with Gasteiger partial charge < -0.3 is 0 Å². The normalized spacial score (nSPS) is 11.5. The van der Waals surface area contributed by atoms with Gasteiger partial charge in [0.2, 0.25) is 0 Å². The van der Waals surface area contributed by atoms with Crippen LogP contribution in [0.4, 0.5) is 18.9 Å². The van der Waals surface area contributed by atoms with Gasteiger partial charge in [0.25, 0.3) is 11.6 Å². The summed E-state index contributed by atoms with van der Waals surface area (Å²) in [6.07, 6.45) is -3.69. The number of nitrogens with zero attached hydrogens (tertiary/aromatic N) is 2. The van der Waals surface area contributed by atoms with E-state index in [1.807, 2.05) is 0 Å². The van der Waals surface area contributed by atoms with E-state index in [4.69, 9.17) is 0 Å². The van der Waals surface area contributed by atoms with E-state index in [9.17, 15) is 28.1 Å². The van der Waals surface area contributed by atoms with E-state index in [1.165, 1.54) is 37.3 Å². The van der Waals surface area contributed by atoms with Crippen LogP contribution in [-0.4, -0.2) is 17.0 Å². The minimum Gasteiger partial charge on any atom is -0.267 e. The van der Waals surface area contributed by atoms with Crippen LogP contribution in [0.2, 0.25) is 0 Å². The topological polar surface area (TPSA) is 84.6 Å². The summed E-state index contributed by atoms with van der Waals surface area (Å²) in [4.78, 5) is 22.2. The third-order valence-electron chi connectivity index (χ3n) is 3.30. The van der Waals surface area contributed by atoms with Crippen LogP contribution < -0.4 is 5.43 Å². The van der Waals surface area contributed by atoms with Crippen LogP contribution >= 0.6 is 0 Å². The fourth-order valence-electron chi connectivity index (χ4n) is 2.04. The van der Waals surface area contributed by atoms with Gasteiger partial charge in [-0.25, -0.2) is 5.43 Å². The fraction of sp³-hybridized carbons (Fsp3) is 0.125. The summed E-state index contributed by atoms with van der Waals surface area (Å²) in [6.45, 7) is 1.52. The SMILES string of the molecule is Cc1ccc(C(=O)N/N=C\c2ccccc2C(F)(F)F)cc1[N+](=O)[O-]. The van der Waals surface area contributed by atoms with Crippen LogP contribution in [0.5, 0.6) is 0 Å². The lowest BCUT2D eigenvalue weighted by Gasteiger charge is -2.09. The van der Waals surface area contributed by atoms with Crippen LogP contribution in [0.25, 0.3) is 0 Å². The Hall–Kier alpha value is -3.23. The molecule has 25 heavy (non-hydrogen) atoms. The molecule has 0 atom stereocenters. The second kappa shape index (κ2) is 7.12. The molecule has 0 saturated heterocycles. The first-order valence-electron chi connectivity index (χ1n) is 6.95. The van der Waals surface area contributed by atoms with Crippen LogP contribution in [0.1, 0.15) is 27.0 Å². The molecule has 2 aromatic rings. The number of aryl methyl sites for hydroxylation is 1. The Labute approximate surface area is 140 Å². The number of rotatable bonds is 4. The second-order valence-electron chi connectivity index (χ2n) is 5.04. The molecule has 2 rings (SSSR count). The fourth-order valence-corrected chi connectivity index (χ4v) is 2.04. The van der Waals surface area contributed by atoms with Gasteiger partial charge in [-0.1, -0.05) is 24.3 Å². The maximum atomic E-state index is 12.8. The minimum absolute atomic E-state index is 0.0291. The summed E-state index contributed by atoms with van der Waals surface area (Å²) in [5, 5.41) is 14.4. The van der Waals surface area contributed by atoms with Gasteiger partial charge in [0.15, 0.2) is 0 Å². The molecule has 0 radical (unpaired) electrons. The highest BCUT2D eigenvalue weighted by Gasteiger charge is 2.32. The molecule has 9 heteroatoms.